The number of aryl methyl sites for hydroxylation is 1. The lowest BCUT2D eigenvalue weighted by Crippen LogP contribution is -2.36. The molecule has 0 radical (unpaired) electrons. The predicted molar refractivity (Wildman–Crippen MR) is 73.8 cm³/mol. The average Bonchev–Trinajstić information content (AvgIpc) is 2.84. The molecule has 1 unspecified atom stereocenters. The molecule has 3 heteroatoms. The van der Waals surface area contributed by atoms with Crippen molar-refractivity contribution in [3.8, 4) is 0 Å². The van der Waals surface area contributed by atoms with E-state index >= 15 is 0 Å². The van der Waals surface area contributed by atoms with Gasteiger partial charge in [0, 0.05) is 6.54 Å². The molecule has 1 aliphatic heterocycles. The summed E-state index contributed by atoms with van der Waals surface area (Å²) < 4.78 is 5.52. The summed E-state index contributed by atoms with van der Waals surface area (Å²) in [4.78, 5) is 2.30. The molecule has 1 N–H and O–H groups in total. The van der Waals surface area contributed by atoms with E-state index in [2.05, 4.69) is 30.0 Å². The minimum atomic E-state index is 0.0782. The topological polar surface area (TPSA) is 36.6 Å². The lowest BCUT2D eigenvalue weighted by Gasteiger charge is -2.35. The molecule has 0 saturated heterocycles. The SMILES string of the molecule is Cc1ccoc1CN1CCc2ccccc2C1CO. The van der Waals surface area contributed by atoms with E-state index in [4.69, 9.17) is 4.42 Å². The highest BCUT2D eigenvalue weighted by atomic mass is 16.3. The van der Waals surface area contributed by atoms with Gasteiger partial charge in [0.05, 0.1) is 25.5 Å². The van der Waals surface area contributed by atoms with Gasteiger partial charge in [-0.1, -0.05) is 24.3 Å². The molecule has 0 amide bonds. The Hall–Kier alpha value is -1.58. The van der Waals surface area contributed by atoms with E-state index in [0.717, 1.165) is 25.3 Å². The van der Waals surface area contributed by atoms with Crippen LogP contribution < -0.4 is 0 Å². The van der Waals surface area contributed by atoms with Crippen molar-refractivity contribution in [2.75, 3.05) is 13.2 Å². The molecule has 1 aliphatic rings. The maximum atomic E-state index is 9.73. The Balaban J connectivity index is 1.86. The summed E-state index contributed by atoms with van der Waals surface area (Å²) in [6, 6.07) is 10.5. The van der Waals surface area contributed by atoms with Crippen LogP contribution >= 0.6 is 0 Å². The molecular formula is C16H19NO2. The molecule has 0 saturated carbocycles. The van der Waals surface area contributed by atoms with E-state index in [1.807, 2.05) is 12.1 Å². The number of aliphatic hydroxyl groups is 1. The lowest BCUT2D eigenvalue weighted by molar-refractivity contribution is 0.101. The highest BCUT2D eigenvalue weighted by molar-refractivity contribution is 5.32. The van der Waals surface area contributed by atoms with E-state index in [1.54, 1.807) is 6.26 Å². The highest BCUT2D eigenvalue weighted by Crippen LogP contribution is 2.30. The standard InChI is InChI=1S/C16H19NO2/c1-12-7-9-19-16(12)10-17-8-6-13-4-2-3-5-14(13)15(17)11-18/h2-5,7,9,15,18H,6,8,10-11H2,1H3. The van der Waals surface area contributed by atoms with E-state index in [9.17, 15) is 5.11 Å². The number of nitrogens with zero attached hydrogens (tertiary/aromatic N) is 1. The van der Waals surface area contributed by atoms with Crippen molar-refractivity contribution in [3.05, 3.63) is 59.0 Å². The zero-order chi connectivity index (χ0) is 13.2. The first kappa shape index (κ1) is 12.5. The number of fused-ring (bicyclic) bond motifs is 1. The summed E-state index contributed by atoms with van der Waals surface area (Å²) in [5.74, 6) is 0.998. The molecule has 3 nitrogen and oxygen atoms in total. The van der Waals surface area contributed by atoms with Gasteiger partial charge in [-0.05, 0) is 36.1 Å². The Morgan fingerprint density at radius 2 is 2.16 bits per heavy atom. The van der Waals surface area contributed by atoms with Gasteiger partial charge in [0.15, 0.2) is 0 Å². The number of rotatable bonds is 3. The molecule has 0 bridgehead atoms. The van der Waals surface area contributed by atoms with E-state index in [0.29, 0.717) is 0 Å². The van der Waals surface area contributed by atoms with Crippen LogP contribution in [0, 0.1) is 6.92 Å². The van der Waals surface area contributed by atoms with E-state index in [-0.39, 0.29) is 12.6 Å². The molecule has 2 heterocycles. The third-order valence-corrected chi connectivity index (χ3v) is 4.01. The number of hydrogen-bond acceptors (Lipinski definition) is 3. The second-order valence-electron chi connectivity index (χ2n) is 5.14. The van der Waals surface area contributed by atoms with Crippen LogP contribution in [0.3, 0.4) is 0 Å². The zero-order valence-corrected chi connectivity index (χ0v) is 11.2. The predicted octanol–water partition coefficient (Wildman–Crippen LogP) is 2.68. The largest absolute Gasteiger partial charge is 0.468 e. The van der Waals surface area contributed by atoms with Gasteiger partial charge in [0.2, 0.25) is 0 Å². The zero-order valence-electron chi connectivity index (χ0n) is 11.2. The molecule has 1 aromatic heterocycles. The average molecular weight is 257 g/mol. The van der Waals surface area contributed by atoms with Crippen LogP contribution in [0.5, 0.6) is 0 Å². The Kier molecular flexibility index (Phi) is 3.40. The summed E-state index contributed by atoms with van der Waals surface area (Å²) in [6.45, 7) is 3.93. The molecule has 2 aromatic rings. The number of furan rings is 1. The van der Waals surface area contributed by atoms with Gasteiger partial charge < -0.3 is 9.52 Å². The maximum Gasteiger partial charge on any atom is 0.120 e. The van der Waals surface area contributed by atoms with Crippen LogP contribution in [0.2, 0.25) is 0 Å². The Morgan fingerprint density at radius 3 is 2.89 bits per heavy atom. The fourth-order valence-corrected chi connectivity index (χ4v) is 2.86. The normalized spacial score (nSPS) is 19.4. The number of aliphatic hydroxyl groups excluding tert-OH is 1. The molecular weight excluding hydrogens is 238 g/mol. The van der Waals surface area contributed by atoms with Gasteiger partial charge in [-0.3, -0.25) is 4.90 Å². The number of hydrogen-bond donors (Lipinski definition) is 1. The van der Waals surface area contributed by atoms with Gasteiger partial charge in [0.25, 0.3) is 0 Å². The minimum absolute atomic E-state index is 0.0782. The van der Waals surface area contributed by atoms with Crippen LogP contribution in [-0.4, -0.2) is 23.2 Å². The van der Waals surface area contributed by atoms with Crippen molar-refractivity contribution < 1.29 is 9.52 Å². The first-order chi connectivity index (χ1) is 9.29. The highest BCUT2D eigenvalue weighted by Gasteiger charge is 2.27. The Labute approximate surface area is 113 Å². The Morgan fingerprint density at radius 1 is 1.32 bits per heavy atom. The van der Waals surface area contributed by atoms with Crippen molar-refractivity contribution >= 4 is 0 Å². The molecule has 3 rings (SSSR count). The summed E-state index contributed by atoms with van der Waals surface area (Å²) in [6.07, 6.45) is 2.77. The minimum Gasteiger partial charge on any atom is -0.468 e. The van der Waals surface area contributed by atoms with Crippen molar-refractivity contribution in [1.82, 2.24) is 4.90 Å². The molecule has 1 atom stereocenters. The fourth-order valence-electron chi connectivity index (χ4n) is 2.86. The van der Waals surface area contributed by atoms with Crippen molar-refractivity contribution in [3.63, 3.8) is 0 Å². The van der Waals surface area contributed by atoms with Gasteiger partial charge in [-0.15, -0.1) is 0 Å². The summed E-state index contributed by atoms with van der Waals surface area (Å²) >= 11 is 0. The Bertz CT molecular complexity index is 561. The molecule has 0 spiro atoms. The summed E-state index contributed by atoms with van der Waals surface area (Å²) in [7, 11) is 0. The van der Waals surface area contributed by atoms with Crippen LogP contribution in [0.4, 0.5) is 0 Å². The smallest absolute Gasteiger partial charge is 0.120 e. The first-order valence-electron chi connectivity index (χ1n) is 6.75. The first-order valence-corrected chi connectivity index (χ1v) is 6.75. The van der Waals surface area contributed by atoms with E-state index in [1.165, 1.54) is 16.7 Å². The van der Waals surface area contributed by atoms with Gasteiger partial charge in [-0.2, -0.15) is 0 Å². The number of benzene rings is 1. The molecule has 19 heavy (non-hydrogen) atoms. The van der Waals surface area contributed by atoms with Crippen LogP contribution in [0.25, 0.3) is 0 Å². The van der Waals surface area contributed by atoms with Crippen LogP contribution in [0.15, 0.2) is 41.0 Å². The molecule has 100 valence electrons. The fraction of sp³-hybridized carbons (Fsp3) is 0.375. The monoisotopic (exact) mass is 257 g/mol. The van der Waals surface area contributed by atoms with Crippen molar-refractivity contribution in [2.24, 2.45) is 0 Å². The quantitative estimate of drug-likeness (QED) is 0.918. The molecule has 0 fully saturated rings. The van der Waals surface area contributed by atoms with Crippen molar-refractivity contribution in [1.29, 1.82) is 0 Å². The molecule has 1 aromatic carbocycles. The second-order valence-corrected chi connectivity index (χ2v) is 5.14. The van der Waals surface area contributed by atoms with E-state index < -0.39 is 0 Å². The molecule has 0 aliphatic carbocycles. The summed E-state index contributed by atoms with van der Waals surface area (Å²) in [5.41, 5.74) is 3.78. The van der Waals surface area contributed by atoms with Crippen molar-refractivity contribution in [2.45, 2.75) is 25.9 Å². The third-order valence-electron chi connectivity index (χ3n) is 4.01. The lowest BCUT2D eigenvalue weighted by atomic mass is 9.93. The van der Waals surface area contributed by atoms with Gasteiger partial charge >= 0.3 is 0 Å². The van der Waals surface area contributed by atoms with Crippen LogP contribution in [0.1, 0.15) is 28.5 Å². The van der Waals surface area contributed by atoms with Crippen LogP contribution in [-0.2, 0) is 13.0 Å². The third kappa shape index (κ3) is 2.31. The maximum absolute atomic E-state index is 9.73. The summed E-state index contributed by atoms with van der Waals surface area (Å²) in [5, 5.41) is 9.73. The van der Waals surface area contributed by atoms with Gasteiger partial charge in [-0.25, -0.2) is 0 Å². The van der Waals surface area contributed by atoms with Gasteiger partial charge in [0.1, 0.15) is 5.76 Å². The second kappa shape index (κ2) is 5.19.